The zero-order valence-corrected chi connectivity index (χ0v) is 24.5. The Labute approximate surface area is 234 Å². The molecule has 1 amide bonds. The highest BCUT2D eigenvalue weighted by Gasteiger charge is 2.26. The van der Waals surface area contributed by atoms with Gasteiger partial charge in [-0.05, 0) is 57.2 Å². The number of aromatic nitrogens is 4. The normalized spacial score (nSPS) is 16.5. The van der Waals surface area contributed by atoms with Gasteiger partial charge in [0.1, 0.15) is 5.02 Å². The number of amides is 1. The highest BCUT2D eigenvalue weighted by Crippen LogP contribution is 2.29. The Kier molecular flexibility index (Phi) is 8.28. The molecule has 0 saturated carbocycles. The Morgan fingerprint density at radius 1 is 1.21 bits per heavy atom. The van der Waals surface area contributed by atoms with Crippen LogP contribution in [0.1, 0.15) is 53.9 Å². The molecule has 1 unspecified atom stereocenters. The number of piperidine rings is 1. The summed E-state index contributed by atoms with van der Waals surface area (Å²) in [6.07, 6.45) is 4.06. The summed E-state index contributed by atoms with van der Waals surface area (Å²) in [5, 5.41) is 16.9. The Balaban J connectivity index is 1.52. The molecule has 3 N–H and O–H groups in total. The fourth-order valence-corrected chi connectivity index (χ4v) is 4.88. The molecule has 1 fully saturated rings. The summed E-state index contributed by atoms with van der Waals surface area (Å²) >= 11 is 6.48. The number of carbonyl (C=O) groups excluding carboxylic acids is 1. The van der Waals surface area contributed by atoms with Crippen LogP contribution in [0.15, 0.2) is 29.2 Å². The van der Waals surface area contributed by atoms with Crippen molar-refractivity contribution >= 4 is 46.0 Å². The molecule has 0 aliphatic carbocycles. The summed E-state index contributed by atoms with van der Waals surface area (Å²) in [6, 6.07) is 5.67. The number of rotatable bonds is 8. The number of aryl methyl sites for hydroxylation is 2. The predicted octanol–water partition coefficient (Wildman–Crippen LogP) is 4.07. The number of hydrogen-bond acceptors (Lipinski definition) is 7. The summed E-state index contributed by atoms with van der Waals surface area (Å²) < 4.78 is 3.29. The second-order valence-electron chi connectivity index (χ2n) is 12.2. The molecule has 2 aromatic heterocycles. The molecule has 39 heavy (non-hydrogen) atoms. The molecule has 11 heteroatoms. The van der Waals surface area contributed by atoms with Gasteiger partial charge in [-0.15, -0.1) is 0 Å². The monoisotopic (exact) mass is 557 g/mol. The molecule has 1 aromatic carbocycles. The maximum Gasteiger partial charge on any atom is 0.328 e. The first-order valence-electron chi connectivity index (χ1n) is 13.5. The van der Waals surface area contributed by atoms with Crippen molar-refractivity contribution in [2.75, 3.05) is 29.9 Å². The van der Waals surface area contributed by atoms with Crippen LogP contribution < -0.4 is 21.2 Å². The fraction of sp³-hybridized carbons (Fsp3) is 0.571. The molecule has 1 atom stereocenters. The van der Waals surface area contributed by atoms with Crippen molar-refractivity contribution in [3.05, 3.63) is 39.9 Å². The summed E-state index contributed by atoms with van der Waals surface area (Å²) in [5.74, 6) is 1.42. The Morgan fingerprint density at radius 3 is 2.64 bits per heavy atom. The van der Waals surface area contributed by atoms with Gasteiger partial charge in [-0.1, -0.05) is 32.4 Å². The molecule has 3 heterocycles. The number of aliphatic hydroxyl groups is 1. The average Bonchev–Trinajstić information content (AvgIpc) is 3.10. The number of hydrogen-bond donors (Lipinski definition) is 3. The van der Waals surface area contributed by atoms with E-state index < -0.39 is 11.0 Å². The van der Waals surface area contributed by atoms with Gasteiger partial charge in [0, 0.05) is 44.3 Å². The van der Waals surface area contributed by atoms with Gasteiger partial charge in [-0.25, -0.2) is 9.78 Å². The van der Waals surface area contributed by atoms with E-state index in [0.29, 0.717) is 42.2 Å². The molecule has 0 bridgehead atoms. The molecule has 1 aliphatic rings. The van der Waals surface area contributed by atoms with Gasteiger partial charge >= 0.3 is 5.69 Å². The van der Waals surface area contributed by atoms with Gasteiger partial charge in [0.2, 0.25) is 11.9 Å². The van der Waals surface area contributed by atoms with Crippen LogP contribution in [-0.4, -0.2) is 55.4 Å². The molecule has 10 nitrogen and oxygen atoms in total. The van der Waals surface area contributed by atoms with Gasteiger partial charge in [-0.3, -0.25) is 13.9 Å². The first-order valence-corrected chi connectivity index (χ1v) is 13.9. The molecule has 1 aliphatic heterocycles. The van der Waals surface area contributed by atoms with Gasteiger partial charge < -0.3 is 20.6 Å². The second kappa shape index (κ2) is 11.2. The largest absolute Gasteiger partial charge is 0.390 e. The van der Waals surface area contributed by atoms with Crippen LogP contribution >= 0.6 is 11.6 Å². The number of halogens is 1. The summed E-state index contributed by atoms with van der Waals surface area (Å²) in [5.41, 5.74) is 0.867. The minimum Gasteiger partial charge on any atom is -0.390 e. The van der Waals surface area contributed by atoms with E-state index in [2.05, 4.69) is 20.5 Å². The number of fused-ring (bicyclic) bond motifs is 1. The molecular formula is C28H40ClN7O3. The number of nitrogens with one attached hydrogen (secondary N) is 2. The summed E-state index contributed by atoms with van der Waals surface area (Å²) in [7, 11) is 1.74. The molecule has 212 valence electrons. The molecular weight excluding hydrogens is 518 g/mol. The average molecular weight is 558 g/mol. The lowest BCUT2D eigenvalue weighted by Gasteiger charge is -2.33. The minimum atomic E-state index is -0.881. The zero-order valence-electron chi connectivity index (χ0n) is 23.7. The summed E-state index contributed by atoms with van der Waals surface area (Å²) in [6.45, 7) is 11.8. The van der Waals surface area contributed by atoms with Crippen molar-refractivity contribution in [1.29, 1.82) is 0 Å². The van der Waals surface area contributed by atoms with E-state index in [-0.39, 0.29) is 11.6 Å². The van der Waals surface area contributed by atoms with Crippen molar-refractivity contribution in [2.45, 2.75) is 66.0 Å². The number of nitrogens with zero attached hydrogens (tertiary/aromatic N) is 5. The van der Waals surface area contributed by atoms with Crippen molar-refractivity contribution in [2.24, 2.45) is 18.4 Å². The van der Waals surface area contributed by atoms with Crippen LogP contribution in [0.5, 0.6) is 0 Å². The topological polar surface area (TPSA) is 117 Å². The smallest absolute Gasteiger partial charge is 0.328 e. The van der Waals surface area contributed by atoms with E-state index in [9.17, 15) is 14.7 Å². The first-order chi connectivity index (χ1) is 18.2. The van der Waals surface area contributed by atoms with Crippen molar-refractivity contribution in [3.8, 4) is 0 Å². The lowest BCUT2D eigenvalue weighted by Crippen LogP contribution is -2.44. The fourth-order valence-electron chi connectivity index (χ4n) is 4.74. The zero-order chi connectivity index (χ0) is 28.5. The van der Waals surface area contributed by atoms with Gasteiger partial charge in [-0.2, -0.15) is 4.98 Å². The quantitative estimate of drug-likeness (QED) is 0.382. The maximum atomic E-state index is 12.9. The third-order valence-electron chi connectivity index (χ3n) is 7.12. The molecule has 0 radical (unpaired) electrons. The van der Waals surface area contributed by atoms with Gasteiger partial charge in [0.15, 0.2) is 5.82 Å². The Bertz CT molecular complexity index is 1400. The Morgan fingerprint density at radius 2 is 1.95 bits per heavy atom. The SMILES string of the molecule is Cn1c(=O)n(CCC(C)(C)O)c2cc(Nc3nc(N4CCCC(CNC(=O)C(C)(C)C)C4)ncc3Cl)ccc21. The lowest BCUT2D eigenvalue weighted by atomic mass is 9.94. The van der Waals surface area contributed by atoms with Crippen molar-refractivity contribution in [1.82, 2.24) is 24.4 Å². The number of carbonyl (C=O) groups is 1. The van der Waals surface area contributed by atoms with Crippen LogP contribution in [0, 0.1) is 11.3 Å². The molecule has 3 aromatic rings. The van der Waals surface area contributed by atoms with E-state index in [1.165, 1.54) is 0 Å². The van der Waals surface area contributed by atoms with Crippen molar-refractivity contribution < 1.29 is 9.90 Å². The lowest BCUT2D eigenvalue weighted by molar-refractivity contribution is -0.128. The third-order valence-corrected chi connectivity index (χ3v) is 7.40. The minimum absolute atomic E-state index is 0.0507. The van der Waals surface area contributed by atoms with Gasteiger partial charge in [0.05, 0.1) is 22.8 Å². The number of imidazole rings is 1. The van der Waals surface area contributed by atoms with E-state index in [0.717, 1.165) is 42.7 Å². The van der Waals surface area contributed by atoms with Crippen LogP contribution in [0.3, 0.4) is 0 Å². The molecule has 1 saturated heterocycles. The van der Waals surface area contributed by atoms with Crippen LogP contribution in [0.4, 0.5) is 17.5 Å². The van der Waals surface area contributed by atoms with Crippen LogP contribution in [0.25, 0.3) is 11.0 Å². The van der Waals surface area contributed by atoms with Crippen LogP contribution in [-0.2, 0) is 18.4 Å². The van der Waals surface area contributed by atoms with E-state index >= 15 is 0 Å². The highest BCUT2D eigenvalue weighted by molar-refractivity contribution is 6.32. The second-order valence-corrected chi connectivity index (χ2v) is 12.6. The van der Waals surface area contributed by atoms with E-state index in [4.69, 9.17) is 16.6 Å². The third kappa shape index (κ3) is 6.91. The van der Waals surface area contributed by atoms with Gasteiger partial charge in [0.25, 0.3) is 0 Å². The van der Waals surface area contributed by atoms with E-state index in [1.54, 1.807) is 36.2 Å². The molecule has 4 rings (SSSR count). The number of anilines is 3. The number of benzene rings is 1. The van der Waals surface area contributed by atoms with Crippen molar-refractivity contribution in [3.63, 3.8) is 0 Å². The molecule has 0 spiro atoms. The highest BCUT2D eigenvalue weighted by atomic mass is 35.5. The maximum absolute atomic E-state index is 12.9. The summed E-state index contributed by atoms with van der Waals surface area (Å²) in [4.78, 5) is 36.5. The standard InChI is InChI=1S/C28H40ClN7O3/c1-27(2,3)24(37)30-15-18-8-7-12-35(17-18)25-31-16-20(29)23(33-25)32-19-9-10-21-22(14-19)36(26(38)34(21)6)13-11-28(4,5)39/h9-10,14,16,18,39H,7-8,11-13,15,17H2,1-6H3,(H,30,37)(H,31,32,33). The predicted molar refractivity (Wildman–Crippen MR) is 156 cm³/mol. The first kappa shape index (κ1) is 28.9. The van der Waals surface area contributed by atoms with E-state index in [1.807, 2.05) is 39.0 Å². The Hall–Kier alpha value is -3.11. The van der Waals surface area contributed by atoms with Crippen LogP contribution in [0.2, 0.25) is 5.02 Å².